The molecule has 0 aromatic carbocycles. The number of nitrogens with two attached hydrogens (primary N) is 3. The van der Waals surface area contributed by atoms with Crippen LogP contribution in [0.1, 0.15) is 81.1 Å². The highest BCUT2D eigenvalue weighted by Gasteiger charge is 2.36. The zero-order chi connectivity index (χ0) is 65.8. The van der Waals surface area contributed by atoms with Crippen molar-refractivity contribution in [2.24, 2.45) is 40.9 Å². The van der Waals surface area contributed by atoms with Gasteiger partial charge in [-0.2, -0.15) is 0 Å². The lowest BCUT2D eigenvalue weighted by molar-refractivity contribution is -0.120. The van der Waals surface area contributed by atoms with Gasteiger partial charge < -0.3 is 82.4 Å². The lowest BCUT2D eigenvalue weighted by atomic mass is 9.85. The molecular formula is C62H93IN8O16. The summed E-state index contributed by atoms with van der Waals surface area (Å²) in [5.74, 6) is -4.25. The number of amides is 4. The van der Waals surface area contributed by atoms with Gasteiger partial charge >= 0.3 is 12.2 Å². The van der Waals surface area contributed by atoms with Crippen molar-refractivity contribution < 1.29 is 77.0 Å². The number of ketones is 4. The molecule has 4 aliphatic rings. The lowest BCUT2D eigenvalue weighted by Gasteiger charge is -2.30. The van der Waals surface area contributed by atoms with Crippen LogP contribution in [0.3, 0.4) is 0 Å². The summed E-state index contributed by atoms with van der Waals surface area (Å²) in [5, 5.41) is 36.6. The number of halogens is 1. The van der Waals surface area contributed by atoms with Crippen molar-refractivity contribution in [3.05, 3.63) is 117 Å². The van der Waals surface area contributed by atoms with Crippen LogP contribution in [0.5, 0.6) is 0 Å². The molecule has 0 aromatic rings. The Kier molecular flexibility index (Phi) is 34.2. The maximum atomic E-state index is 13.6. The van der Waals surface area contributed by atoms with Crippen molar-refractivity contribution in [1.82, 2.24) is 26.6 Å². The van der Waals surface area contributed by atoms with E-state index >= 15 is 0 Å². The molecule has 0 spiro atoms. The number of hydrogen-bond acceptors (Lipinski definition) is 20. The molecule has 2 heterocycles. The number of carbonyl (C=O) groups excluding carboxylic acids is 8. The molecular weight excluding hydrogens is 1240 g/mol. The third kappa shape index (κ3) is 23.6. The number of ether oxygens (including phenoxy) is 6. The molecule has 484 valence electrons. The quantitative estimate of drug-likeness (QED) is 0.0410. The smallest absolute Gasteiger partial charge is 0.405 e. The van der Waals surface area contributed by atoms with Gasteiger partial charge in [-0.25, -0.2) is 9.59 Å². The summed E-state index contributed by atoms with van der Waals surface area (Å²) in [6, 6.07) is 0. The number of likely N-dealkylation sites (N-methyl/N-ethyl adjacent to an activating group) is 1. The van der Waals surface area contributed by atoms with Crippen molar-refractivity contribution >= 4 is 69.7 Å². The van der Waals surface area contributed by atoms with Gasteiger partial charge in [-0.1, -0.05) is 98.9 Å². The van der Waals surface area contributed by atoms with Gasteiger partial charge in [0.25, 0.3) is 11.8 Å². The van der Waals surface area contributed by atoms with Gasteiger partial charge in [0.1, 0.15) is 12.2 Å². The average molecular weight is 1330 g/mol. The summed E-state index contributed by atoms with van der Waals surface area (Å²) in [6.45, 7) is 15.5. The zero-order valence-corrected chi connectivity index (χ0v) is 54.7. The fourth-order valence-electron chi connectivity index (χ4n) is 10.1. The normalized spacial score (nSPS) is 30.8. The molecule has 0 unspecified atom stereocenters. The minimum atomic E-state index is -1.00. The molecule has 0 radical (unpaired) electrons. The Labute approximate surface area is 525 Å². The number of nitrogens with one attached hydrogen (secondary N) is 5. The van der Waals surface area contributed by atoms with Crippen molar-refractivity contribution in [1.29, 1.82) is 0 Å². The third-order valence-electron chi connectivity index (χ3n) is 14.7. The standard InChI is InChI=1S/C31H46N4O8.C30H44N4O8.CH3I/c1-17-13-21-26(34-12-11-33-5)23(36)16-22(28(21)38)35-30(39)18(2)9-8-10-24(41-6)29(43-31(32)40)20(4)15-19(3)27(37)25(14-17)42-7;1-16-12-20-25(33-11-10-31)22(35)15-21(27(20)37)34-29(38)17(2)8-7-9-23(40-5)28(42-30(32)39)19(4)14-18(3)26(36)24(13-16)41-6;1-2/h8-10,15-17,19,24-25,27,29,33-34,37H,11-14H2,1-7H3,(H2,32,40)(H,35,39);7-9,14-16,18,23-24,26,28,33,36H,10-13,31H2,1-6H3,(H2,32,39)(H,34,38);1H3/b10-8-,18-9+,20-15+;9-7-,17-8+,19-14+;/t17-,19+,24+,25+,27-,29+;16-,18+,23+,24+,26-,28+;/m11./s1/i5-1;;1-1. The Morgan fingerprint density at radius 1 is 0.609 bits per heavy atom. The molecule has 0 fully saturated rings. The fourth-order valence-corrected chi connectivity index (χ4v) is 10.1. The monoisotopic (exact) mass is 1330 g/mol. The van der Waals surface area contributed by atoms with Gasteiger partial charge in [0.05, 0.1) is 47.2 Å². The Bertz CT molecular complexity index is 2760. The van der Waals surface area contributed by atoms with Gasteiger partial charge in [-0.05, 0) is 88.3 Å². The number of rotatable bonds is 13. The van der Waals surface area contributed by atoms with E-state index in [1.54, 1.807) is 78.1 Å². The van der Waals surface area contributed by atoms with Crippen LogP contribution in [0.15, 0.2) is 117 Å². The Hall–Kier alpha value is -6.43. The summed E-state index contributed by atoms with van der Waals surface area (Å²) < 4.78 is 33.1. The Morgan fingerprint density at radius 2 is 0.977 bits per heavy atom. The third-order valence-corrected chi connectivity index (χ3v) is 14.7. The van der Waals surface area contributed by atoms with E-state index in [-0.39, 0.29) is 82.8 Å². The first-order chi connectivity index (χ1) is 41.2. The average Bonchev–Trinajstić information content (AvgIpc) is 1.38. The number of alkyl halides is 1. The first-order valence-corrected chi connectivity index (χ1v) is 30.7. The van der Waals surface area contributed by atoms with Crippen LogP contribution in [0.2, 0.25) is 0 Å². The SMILES string of the molecule is CO[C@H]1/C=C\C=C(/C)C(=O)NC2=CC(=O)C(NCCN)=C(C[C@@H](C)C[C@H](OC)[C@H](O)[C@@H](C)/C=C(\C)[C@@H]1OC(N)=O)C2=O.CO[C@H]1/C=C\C=C(/C)C(=O)NC2=CC(=O)C(NCCN[11CH3])=C(C[C@@H](C)C[C@H](OC)[C@H](O)[C@@H](C)/C=C(\C)[C@@H]1OC(N)=O)C2=O.[11CH3]I. The molecule has 12 atom stereocenters. The van der Waals surface area contributed by atoms with Crippen LogP contribution in [0, 0.1) is 23.7 Å². The number of primary amides is 2. The number of aliphatic hydroxyl groups excluding tert-OH is 2. The van der Waals surface area contributed by atoms with Crippen LogP contribution in [-0.2, 0) is 57.2 Å². The predicted octanol–water partition coefficient (Wildman–Crippen LogP) is 3.93. The summed E-state index contributed by atoms with van der Waals surface area (Å²) in [6.07, 6.45) is 7.58. The van der Waals surface area contributed by atoms with Crippen LogP contribution >= 0.6 is 22.6 Å². The second-order valence-corrected chi connectivity index (χ2v) is 21.6. The zero-order valence-electron chi connectivity index (χ0n) is 52.6. The molecule has 25 heteroatoms. The van der Waals surface area contributed by atoms with Crippen molar-refractivity contribution in [2.45, 2.75) is 130 Å². The molecule has 2 aliphatic carbocycles. The van der Waals surface area contributed by atoms with Gasteiger partial charge in [-0.3, -0.25) is 28.8 Å². The minimum Gasteiger partial charge on any atom is -0.439 e. The van der Waals surface area contributed by atoms with E-state index in [9.17, 15) is 48.6 Å². The highest BCUT2D eigenvalue weighted by Crippen LogP contribution is 2.31. The van der Waals surface area contributed by atoms with E-state index in [1.807, 2.05) is 25.7 Å². The topological polar surface area (TPSA) is 371 Å². The molecule has 2 aliphatic heterocycles. The van der Waals surface area contributed by atoms with Crippen LogP contribution in [0.4, 0.5) is 9.59 Å². The van der Waals surface area contributed by atoms with Gasteiger partial charge in [-0.15, -0.1) is 0 Å². The first-order valence-electron chi connectivity index (χ1n) is 28.5. The molecule has 0 saturated heterocycles. The molecule has 4 amide bonds. The molecule has 24 nitrogen and oxygen atoms in total. The van der Waals surface area contributed by atoms with E-state index < -0.39 is 108 Å². The molecule has 4 rings (SSSR count). The van der Waals surface area contributed by atoms with Crippen LogP contribution < -0.4 is 43.8 Å². The van der Waals surface area contributed by atoms with Crippen molar-refractivity contribution in [2.75, 3.05) is 66.6 Å². The van der Waals surface area contributed by atoms with Crippen LogP contribution in [-0.4, -0.2) is 173 Å². The summed E-state index contributed by atoms with van der Waals surface area (Å²) >= 11 is 2.15. The number of fused-ring (bicyclic) bond motifs is 4. The highest BCUT2D eigenvalue weighted by molar-refractivity contribution is 14.1. The first kappa shape index (κ1) is 76.7. The number of carbonyl (C=O) groups is 8. The Balaban J connectivity index is 0.000000577. The van der Waals surface area contributed by atoms with Gasteiger partial charge in [0.15, 0.2) is 12.2 Å². The summed E-state index contributed by atoms with van der Waals surface area (Å²) in [7, 11) is 7.62. The molecule has 0 aromatic heterocycles. The second kappa shape index (κ2) is 38.8. The predicted molar refractivity (Wildman–Crippen MR) is 338 cm³/mol. The molecule has 4 bridgehead atoms. The second-order valence-electron chi connectivity index (χ2n) is 21.6. The summed E-state index contributed by atoms with van der Waals surface area (Å²) in [5.41, 5.74) is 18.5. The van der Waals surface area contributed by atoms with Gasteiger partial charge in [0.2, 0.25) is 23.1 Å². The highest BCUT2D eigenvalue weighted by atomic mass is 127. The number of aliphatic hydroxyl groups is 2. The summed E-state index contributed by atoms with van der Waals surface area (Å²) in [4.78, 5) is 105. The lowest BCUT2D eigenvalue weighted by Crippen LogP contribution is -2.38. The van der Waals surface area contributed by atoms with Crippen LogP contribution in [0.25, 0.3) is 0 Å². The largest absolute Gasteiger partial charge is 0.439 e. The van der Waals surface area contributed by atoms with Gasteiger partial charge in [0, 0.05) is 101 Å². The maximum Gasteiger partial charge on any atom is 0.405 e. The van der Waals surface area contributed by atoms with Crippen molar-refractivity contribution in [3.8, 4) is 0 Å². The van der Waals surface area contributed by atoms with E-state index in [4.69, 9.17) is 45.6 Å². The minimum absolute atomic E-state index is 0.118. The fraction of sp³-hybridized carbons (Fsp3) is 0.548. The molecule has 0 saturated carbocycles. The molecule has 13 N–H and O–H groups in total. The Morgan fingerprint density at radius 3 is 1.30 bits per heavy atom. The van der Waals surface area contributed by atoms with E-state index in [1.165, 1.54) is 40.6 Å². The van der Waals surface area contributed by atoms with Crippen molar-refractivity contribution in [3.63, 3.8) is 0 Å². The van der Waals surface area contributed by atoms with E-state index in [0.717, 1.165) is 12.2 Å². The molecule has 87 heavy (non-hydrogen) atoms. The number of methoxy groups -OCH3 is 4. The number of Topliss-reactive ketones (excluding diaryl/α,β-unsaturated/α-hetero) is 2. The number of hydrogen-bond donors (Lipinski definition) is 10. The maximum absolute atomic E-state index is 13.6. The number of allylic oxidation sites excluding steroid dienone is 8. The van der Waals surface area contributed by atoms with E-state index in [0.29, 0.717) is 37.1 Å². The van der Waals surface area contributed by atoms with E-state index in [2.05, 4.69) is 49.2 Å².